The number of aromatic nitrogens is 3. The van der Waals surface area contributed by atoms with Crippen LogP contribution >= 0.6 is 0 Å². The largest absolute Gasteiger partial charge is 0.356 e. The third-order valence-electron chi connectivity index (χ3n) is 4.80. The van der Waals surface area contributed by atoms with E-state index >= 15 is 0 Å². The summed E-state index contributed by atoms with van der Waals surface area (Å²) >= 11 is 0. The van der Waals surface area contributed by atoms with Gasteiger partial charge in [-0.05, 0) is 41.8 Å². The molecule has 0 unspecified atom stereocenters. The molecule has 0 amide bonds. The van der Waals surface area contributed by atoms with Crippen LogP contribution in [0.3, 0.4) is 0 Å². The Morgan fingerprint density at radius 2 is 1.83 bits per heavy atom. The number of pyridine rings is 1. The summed E-state index contributed by atoms with van der Waals surface area (Å²) in [4.78, 5) is 8.83. The Balaban J connectivity index is 1.29. The summed E-state index contributed by atoms with van der Waals surface area (Å²) in [6.07, 6.45) is 6.47. The molecule has 2 N–H and O–H groups in total. The normalized spacial score (nSPS) is 11.6. The predicted octanol–water partition coefficient (Wildman–Crippen LogP) is 3.33. The first-order valence-electron chi connectivity index (χ1n) is 9.69. The summed E-state index contributed by atoms with van der Waals surface area (Å²) in [5.74, 6) is 0.783. The lowest BCUT2D eigenvalue weighted by Gasteiger charge is -2.13. The highest BCUT2D eigenvalue weighted by molar-refractivity contribution is 5.83. The molecule has 0 saturated heterocycles. The van der Waals surface area contributed by atoms with Gasteiger partial charge in [-0.25, -0.2) is 4.68 Å². The number of aliphatic imine (C=N–C) groups is 1. The standard InChI is InChI=1S/C23H24N6/c1-24-23(27-17-20-6-2-5-19-7-3-13-25-22(19)20)26-15-12-18-8-10-21(11-9-18)29-16-4-14-28-29/h2-11,13-14,16H,12,15,17H2,1H3,(H2,24,26,27). The van der Waals surface area contributed by atoms with E-state index < -0.39 is 0 Å². The minimum atomic E-state index is 0.673. The zero-order valence-electron chi connectivity index (χ0n) is 16.4. The molecule has 2 aromatic carbocycles. The molecule has 0 fully saturated rings. The molecule has 6 heteroatoms. The van der Waals surface area contributed by atoms with Gasteiger partial charge in [0, 0.05) is 44.1 Å². The predicted molar refractivity (Wildman–Crippen MR) is 117 cm³/mol. The van der Waals surface area contributed by atoms with E-state index in [4.69, 9.17) is 0 Å². The lowest BCUT2D eigenvalue weighted by molar-refractivity contribution is 0.795. The molecule has 0 spiro atoms. The van der Waals surface area contributed by atoms with Crippen LogP contribution in [0.5, 0.6) is 0 Å². The maximum absolute atomic E-state index is 4.51. The van der Waals surface area contributed by atoms with Crippen LogP contribution in [0, 0.1) is 0 Å². The quantitative estimate of drug-likeness (QED) is 0.395. The Labute approximate surface area is 170 Å². The number of hydrogen-bond acceptors (Lipinski definition) is 3. The number of hydrogen-bond donors (Lipinski definition) is 2. The highest BCUT2D eigenvalue weighted by atomic mass is 15.3. The van der Waals surface area contributed by atoms with Gasteiger partial charge in [-0.1, -0.05) is 36.4 Å². The number of fused-ring (bicyclic) bond motifs is 1. The average Bonchev–Trinajstić information content (AvgIpc) is 3.31. The molecule has 0 bridgehead atoms. The van der Waals surface area contributed by atoms with Crippen LogP contribution in [0.15, 0.2) is 84.2 Å². The smallest absolute Gasteiger partial charge is 0.191 e. The van der Waals surface area contributed by atoms with Crippen LogP contribution in [0.25, 0.3) is 16.6 Å². The summed E-state index contributed by atoms with van der Waals surface area (Å²) in [6.45, 7) is 1.47. The molecule has 6 nitrogen and oxygen atoms in total. The van der Waals surface area contributed by atoms with Gasteiger partial charge in [0.25, 0.3) is 0 Å². The first-order chi connectivity index (χ1) is 14.3. The number of nitrogens with zero attached hydrogens (tertiary/aromatic N) is 4. The van der Waals surface area contributed by atoms with Gasteiger partial charge in [0.2, 0.25) is 0 Å². The SMILES string of the molecule is CN=C(NCCc1ccc(-n2cccn2)cc1)NCc1cccc2cccnc12. The molecule has 2 aromatic heterocycles. The van der Waals surface area contributed by atoms with Crippen LogP contribution < -0.4 is 10.6 Å². The first kappa shape index (κ1) is 18.7. The van der Waals surface area contributed by atoms with E-state index in [1.54, 1.807) is 13.2 Å². The molecular formula is C23H24N6. The van der Waals surface area contributed by atoms with Crippen LogP contribution in [-0.4, -0.2) is 34.3 Å². The molecule has 4 rings (SSSR count). The van der Waals surface area contributed by atoms with E-state index in [0.29, 0.717) is 6.54 Å². The van der Waals surface area contributed by atoms with Gasteiger partial charge in [0.15, 0.2) is 5.96 Å². The Bertz CT molecular complexity index is 1080. The summed E-state index contributed by atoms with van der Waals surface area (Å²) in [5.41, 5.74) is 4.51. The Kier molecular flexibility index (Phi) is 5.81. The van der Waals surface area contributed by atoms with Gasteiger partial charge >= 0.3 is 0 Å². The fourth-order valence-electron chi connectivity index (χ4n) is 3.27. The van der Waals surface area contributed by atoms with E-state index in [1.807, 2.05) is 29.2 Å². The van der Waals surface area contributed by atoms with Crippen molar-refractivity contribution in [3.8, 4) is 5.69 Å². The van der Waals surface area contributed by atoms with E-state index in [1.165, 1.54) is 5.56 Å². The molecule has 29 heavy (non-hydrogen) atoms. The van der Waals surface area contributed by atoms with Crippen molar-refractivity contribution in [1.29, 1.82) is 0 Å². The molecule has 4 aromatic rings. The van der Waals surface area contributed by atoms with Gasteiger partial charge in [-0.15, -0.1) is 0 Å². The van der Waals surface area contributed by atoms with Gasteiger partial charge in [0.1, 0.15) is 0 Å². The summed E-state index contributed by atoms with van der Waals surface area (Å²) in [5, 5.41) is 12.2. The third-order valence-corrected chi connectivity index (χ3v) is 4.80. The van der Waals surface area contributed by atoms with Gasteiger partial charge < -0.3 is 10.6 Å². The fraction of sp³-hybridized carbons (Fsp3) is 0.174. The first-order valence-corrected chi connectivity index (χ1v) is 9.69. The molecule has 146 valence electrons. The van der Waals surface area contributed by atoms with Crippen molar-refractivity contribution in [3.63, 3.8) is 0 Å². The Hall–Kier alpha value is -3.67. The highest BCUT2D eigenvalue weighted by Gasteiger charge is 2.04. The van der Waals surface area contributed by atoms with Crippen LogP contribution in [0.1, 0.15) is 11.1 Å². The van der Waals surface area contributed by atoms with Crippen molar-refractivity contribution in [1.82, 2.24) is 25.4 Å². The topological polar surface area (TPSA) is 67.1 Å². The van der Waals surface area contributed by atoms with Crippen molar-refractivity contribution in [2.45, 2.75) is 13.0 Å². The maximum Gasteiger partial charge on any atom is 0.191 e. The molecule has 0 radical (unpaired) electrons. The van der Waals surface area contributed by atoms with Gasteiger partial charge in [0.05, 0.1) is 11.2 Å². The second-order valence-electron chi connectivity index (χ2n) is 6.71. The lowest BCUT2D eigenvalue weighted by atomic mass is 10.1. The van der Waals surface area contributed by atoms with Crippen molar-refractivity contribution >= 4 is 16.9 Å². The number of nitrogens with one attached hydrogen (secondary N) is 2. The van der Waals surface area contributed by atoms with Crippen molar-refractivity contribution < 1.29 is 0 Å². The van der Waals surface area contributed by atoms with Gasteiger partial charge in [-0.2, -0.15) is 5.10 Å². The summed E-state index contributed by atoms with van der Waals surface area (Å²) < 4.78 is 1.86. The highest BCUT2D eigenvalue weighted by Crippen LogP contribution is 2.15. The van der Waals surface area contributed by atoms with Crippen LogP contribution in [0.2, 0.25) is 0 Å². The van der Waals surface area contributed by atoms with Crippen molar-refractivity contribution in [2.24, 2.45) is 4.99 Å². The lowest BCUT2D eigenvalue weighted by Crippen LogP contribution is -2.37. The van der Waals surface area contributed by atoms with E-state index in [9.17, 15) is 0 Å². The molecule has 0 aliphatic heterocycles. The monoisotopic (exact) mass is 384 g/mol. The summed E-state index contributed by atoms with van der Waals surface area (Å²) in [6, 6.07) is 20.6. The number of benzene rings is 2. The van der Waals surface area contributed by atoms with E-state index in [2.05, 4.69) is 74.2 Å². The minimum Gasteiger partial charge on any atom is -0.356 e. The van der Waals surface area contributed by atoms with Crippen molar-refractivity contribution in [3.05, 3.63) is 90.4 Å². The molecule has 0 aliphatic carbocycles. The van der Waals surface area contributed by atoms with Crippen LogP contribution in [0.4, 0.5) is 0 Å². The maximum atomic E-state index is 4.51. The average molecular weight is 384 g/mol. The molecular weight excluding hydrogens is 360 g/mol. The zero-order valence-corrected chi connectivity index (χ0v) is 16.4. The Morgan fingerprint density at radius 3 is 2.62 bits per heavy atom. The number of rotatable bonds is 6. The third kappa shape index (κ3) is 4.60. The second kappa shape index (κ2) is 9.01. The minimum absolute atomic E-state index is 0.673. The molecule has 0 aliphatic rings. The second-order valence-corrected chi connectivity index (χ2v) is 6.71. The number of para-hydroxylation sites is 1. The van der Waals surface area contributed by atoms with E-state index in [-0.39, 0.29) is 0 Å². The fourth-order valence-corrected chi connectivity index (χ4v) is 3.27. The van der Waals surface area contributed by atoms with E-state index in [0.717, 1.165) is 41.1 Å². The zero-order chi connectivity index (χ0) is 19.9. The number of guanidine groups is 1. The summed E-state index contributed by atoms with van der Waals surface area (Å²) in [7, 11) is 1.79. The molecule has 0 saturated carbocycles. The van der Waals surface area contributed by atoms with Crippen LogP contribution in [-0.2, 0) is 13.0 Å². The van der Waals surface area contributed by atoms with Gasteiger partial charge in [-0.3, -0.25) is 9.98 Å². The molecule has 2 heterocycles. The molecule has 0 atom stereocenters. The van der Waals surface area contributed by atoms with Crippen molar-refractivity contribution in [2.75, 3.05) is 13.6 Å². The Morgan fingerprint density at radius 1 is 0.966 bits per heavy atom.